The second-order valence-corrected chi connectivity index (χ2v) is 8.27. The number of hydrogen-bond donors (Lipinski definition) is 0. The molecule has 8 heteroatoms. The zero-order valence-corrected chi connectivity index (χ0v) is 13.8. The Morgan fingerprint density at radius 1 is 1.33 bits per heavy atom. The standard InChI is InChI=1S/C13H25N3O4S/c1-14(2)21(18,19)9-5-13(17)16-7-8-20-12-4-6-15(3)10-11(12)16/h11-12H,4-10H2,1-3H3. The van der Waals surface area contributed by atoms with Crippen LogP contribution >= 0.6 is 0 Å². The molecule has 0 aromatic rings. The van der Waals surface area contributed by atoms with Gasteiger partial charge in [-0.2, -0.15) is 0 Å². The smallest absolute Gasteiger partial charge is 0.224 e. The minimum absolute atomic E-state index is 0.0352. The molecule has 2 unspecified atom stereocenters. The largest absolute Gasteiger partial charge is 0.374 e. The lowest BCUT2D eigenvalue weighted by Gasteiger charge is -2.46. The maximum Gasteiger partial charge on any atom is 0.224 e. The van der Waals surface area contributed by atoms with Gasteiger partial charge in [-0.15, -0.1) is 0 Å². The molecule has 1 amide bonds. The Labute approximate surface area is 126 Å². The molecular weight excluding hydrogens is 294 g/mol. The summed E-state index contributed by atoms with van der Waals surface area (Å²) in [6.07, 6.45) is 1.04. The Hall–Kier alpha value is -0.700. The Kier molecular flexibility index (Phi) is 5.24. The molecule has 0 spiro atoms. The van der Waals surface area contributed by atoms with Gasteiger partial charge in [-0.3, -0.25) is 4.79 Å². The zero-order valence-electron chi connectivity index (χ0n) is 13.0. The first-order valence-electron chi connectivity index (χ1n) is 7.31. The molecule has 122 valence electrons. The molecule has 0 saturated carbocycles. The predicted octanol–water partition coefficient (Wildman–Crippen LogP) is -0.801. The van der Waals surface area contributed by atoms with E-state index in [1.807, 2.05) is 11.9 Å². The number of carbonyl (C=O) groups excluding carboxylic acids is 1. The highest BCUT2D eigenvalue weighted by molar-refractivity contribution is 7.89. The van der Waals surface area contributed by atoms with Crippen molar-refractivity contribution in [3.8, 4) is 0 Å². The van der Waals surface area contributed by atoms with Crippen molar-refractivity contribution in [3.05, 3.63) is 0 Å². The molecule has 0 radical (unpaired) electrons. The highest BCUT2D eigenvalue weighted by Gasteiger charge is 2.38. The van der Waals surface area contributed by atoms with Crippen molar-refractivity contribution in [2.24, 2.45) is 0 Å². The van der Waals surface area contributed by atoms with E-state index in [0.717, 1.165) is 23.8 Å². The summed E-state index contributed by atoms with van der Waals surface area (Å²) in [7, 11) is 1.68. The average molecular weight is 319 g/mol. The minimum Gasteiger partial charge on any atom is -0.374 e. The molecule has 2 aliphatic heterocycles. The van der Waals surface area contributed by atoms with Crippen LogP contribution in [0.3, 0.4) is 0 Å². The summed E-state index contributed by atoms with van der Waals surface area (Å²) in [5.41, 5.74) is 0. The van der Waals surface area contributed by atoms with Crippen molar-refractivity contribution in [3.63, 3.8) is 0 Å². The summed E-state index contributed by atoms with van der Waals surface area (Å²) in [6.45, 7) is 2.85. The zero-order chi connectivity index (χ0) is 15.6. The van der Waals surface area contributed by atoms with E-state index >= 15 is 0 Å². The van der Waals surface area contributed by atoms with E-state index in [1.54, 1.807) is 0 Å². The fourth-order valence-electron chi connectivity index (χ4n) is 2.88. The first-order valence-corrected chi connectivity index (χ1v) is 8.92. The van der Waals surface area contributed by atoms with E-state index in [4.69, 9.17) is 4.74 Å². The van der Waals surface area contributed by atoms with Gasteiger partial charge in [0.2, 0.25) is 15.9 Å². The van der Waals surface area contributed by atoms with Crippen LogP contribution in [0.1, 0.15) is 12.8 Å². The number of likely N-dealkylation sites (tertiary alicyclic amines) is 1. The van der Waals surface area contributed by atoms with Gasteiger partial charge >= 0.3 is 0 Å². The van der Waals surface area contributed by atoms with Gasteiger partial charge in [-0.25, -0.2) is 12.7 Å². The number of sulfonamides is 1. The third-order valence-corrected chi connectivity index (χ3v) is 6.07. The Morgan fingerprint density at radius 3 is 2.71 bits per heavy atom. The van der Waals surface area contributed by atoms with E-state index < -0.39 is 10.0 Å². The van der Waals surface area contributed by atoms with Gasteiger partial charge in [0.05, 0.1) is 24.5 Å². The van der Waals surface area contributed by atoms with Crippen molar-refractivity contribution in [2.45, 2.75) is 25.0 Å². The van der Waals surface area contributed by atoms with Crippen molar-refractivity contribution in [1.29, 1.82) is 0 Å². The molecule has 0 N–H and O–H groups in total. The van der Waals surface area contributed by atoms with E-state index in [1.165, 1.54) is 14.1 Å². The average Bonchev–Trinajstić information content (AvgIpc) is 2.44. The van der Waals surface area contributed by atoms with Gasteiger partial charge in [-0.1, -0.05) is 0 Å². The molecule has 2 saturated heterocycles. The number of ether oxygens (including phenoxy) is 1. The molecule has 2 heterocycles. The van der Waals surface area contributed by atoms with E-state index in [-0.39, 0.29) is 30.2 Å². The number of nitrogens with zero attached hydrogens (tertiary/aromatic N) is 3. The Morgan fingerprint density at radius 2 is 2.05 bits per heavy atom. The lowest BCUT2D eigenvalue weighted by molar-refractivity contribution is -0.151. The first-order chi connectivity index (χ1) is 9.81. The predicted molar refractivity (Wildman–Crippen MR) is 79.4 cm³/mol. The molecule has 21 heavy (non-hydrogen) atoms. The molecular formula is C13H25N3O4S. The second-order valence-electron chi connectivity index (χ2n) is 5.96. The van der Waals surface area contributed by atoms with Crippen molar-refractivity contribution in [2.75, 3.05) is 53.1 Å². The molecule has 0 aromatic heterocycles. The number of fused-ring (bicyclic) bond motifs is 1. The number of piperidine rings is 1. The van der Waals surface area contributed by atoms with E-state index in [0.29, 0.717) is 13.2 Å². The molecule has 0 aliphatic carbocycles. The molecule has 2 aliphatic rings. The minimum atomic E-state index is -3.33. The van der Waals surface area contributed by atoms with Crippen molar-refractivity contribution in [1.82, 2.24) is 14.1 Å². The van der Waals surface area contributed by atoms with Crippen LogP contribution in [0.5, 0.6) is 0 Å². The topological polar surface area (TPSA) is 70.2 Å². The van der Waals surface area contributed by atoms with Crippen LogP contribution in [0.15, 0.2) is 0 Å². The summed E-state index contributed by atoms with van der Waals surface area (Å²) in [6, 6.07) is 0.0482. The number of morpholine rings is 1. The Bertz CT molecular complexity index is 480. The van der Waals surface area contributed by atoms with Crippen LogP contribution in [0, 0.1) is 0 Å². The van der Waals surface area contributed by atoms with Gasteiger partial charge in [0.1, 0.15) is 0 Å². The first kappa shape index (κ1) is 16.7. The van der Waals surface area contributed by atoms with Crippen LogP contribution in [0.25, 0.3) is 0 Å². The van der Waals surface area contributed by atoms with Crippen molar-refractivity contribution < 1.29 is 17.9 Å². The monoisotopic (exact) mass is 319 g/mol. The Balaban J connectivity index is 1.97. The maximum atomic E-state index is 12.4. The highest BCUT2D eigenvalue weighted by atomic mass is 32.2. The molecule has 0 aromatic carbocycles. The summed E-state index contributed by atoms with van der Waals surface area (Å²) >= 11 is 0. The number of hydrogen-bond acceptors (Lipinski definition) is 5. The summed E-state index contributed by atoms with van der Waals surface area (Å²) in [5.74, 6) is -0.224. The quantitative estimate of drug-likeness (QED) is 0.678. The molecule has 2 atom stereocenters. The van der Waals surface area contributed by atoms with E-state index in [2.05, 4.69) is 4.90 Å². The van der Waals surface area contributed by atoms with Gasteiger partial charge in [-0.05, 0) is 13.5 Å². The van der Waals surface area contributed by atoms with Crippen LogP contribution in [0.4, 0.5) is 0 Å². The number of carbonyl (C=O) groups is 1. The molecule has 7 nitrogen and oxygen atoms in total. The lowest BCUT2D eigenvalue weighted by atomic mass is 9.99. The summed E-state index contributed by atoms with van der Waals surface area (Å²) in [5, 5.41) is 0. The number of amides is 1. The van der Waals surface area contributed by atoms with Gasteiger partial charge in [0, 0.05) is 40.2 Å². The highest BCUT2D eigenvalue weighted by Crippen LogP contribution is 2.23. The third kappa shape index (κ3) is 3.94. The summed E-state index contributed by atoms with van der Waals surface area (Å²) in [4.78, 5) is 16.4. The molecule has 0 bridgehead atoms. The molecule has 2 fully saturated rings. The van der Waals surface area contributed by atoms with Crippen LogP contribution in [-0.2, 0) is 19.6 Å². The summed E-state index contributed by atoms with van der Waals surface area (Å²) < 4.78 is 30.5. The SMILES string of the molecule is CN1CCC2OCCN(C(=O)CCS(=O)(=O)N(C)C)C2C1. The lowest BCUT2D eigenvalue weighted by Crippen LogP contribution is -2.60. The fraction of sp³-hybridized carbons (Fsp3) is 0.923. The van der Waals surface area contributed by atoms with Crippen LogP contribution in [-0.4, -0.2) is 93.7 Å². The van der Waals surface area contributed by atoms with Crippen LogP contribution < -0.4 is 0 Å². The molecule has 2 rings (SSSR count). The third-order valence-electron chi connectivity index (χ3n) is 4.24. The maximum absolute atomic E-state index is 12.4. The normalized spacial score (nSPS) is 27.7. The second kappa shape index (κ2) is 6.60. The van der Waals surface area contributed by atoms with Crippen LogP contribution in [0.2, 0.25) is 0 Å². The number of rotatable bonds is 4. The van der Waals surface area contributed by atoms with E-state index in [9.17, 15) is 13.2 Å². The fourth-order valence-corrected chi connectivity index (χ4v) is 3.68. The number of likely N-dealkylation sites (N-methyl/N-ethyl adjacent to an activating group) is 1. The van der Waals surface area contributed by atoms with Crippen molar-refractivity contribution >= 4 is 15.9 Å². The van der Waals surface area contributed by atoms with Gasteiger partial charge in [0.25, 0.3) is 0 Å². The van der Waals surface area contributed by atoms with Gasteiger partial charge in [0.15, 0.2) is 0 Å². The van der Waals surface area contributed by atoms with Gasteiger partial charge < -0.3 is 14.5 Å².